The lowest BCUT2D eigenvalue weighted by Gasteiger charge is -2.29. The van der Waals surface area contributed by atoms with Crippen LogP contribution in [0.5, 0.6) is 0 Å². The van der Waals surface area contributed by atoms with Crippen LogP contribution in [-0.2, 0) is 13.1 Å². The number of hydrogen-bond donors (Lipinski definition) is 2. The molecule has 0 aromatic heterocycles. The van der Waals surface area contributed by atoms with Crippen molar-refractivity contribution in [2.24, 2.45) is 10.7 Å². The van der Waals surface area contributed by atoms with Gasteiger partial charge in [0.15, 0.2) is 0 Å². The normalized spacial score (nSPS) is 15.9. The Kier molecular flexibility index (Phi) is 2.64. The van der Waals surface area contributed by atoms with E-state index in [1.165, 1.54) is 21.9 Å². The Morgan fingerprint density at radius 1 is 1.17 bits per heavy atom. The van der Waals surface area contributed by atoms with E-state index in [1.807, 2.05) is 0 Å². The molecular weight excluding hydrogens is 224 g/mol. The van der Waals surface area contributed by atoms with E-state index in [-0.39, 0.29) is 0 Å². The second kappa shape index (κ2) is 4.31. The molecule has 2 aromatic rings. The van der Waals surface area contributed by atoms with Gasteiger partial charge in [0.25, 0.3) is 0 Å². The summed E-state index contributed by atoms with van der Waals surface area (Å²) in [7, 11) is 1.68. The van der Waals surface area contributed by atoms with Crippen LogP contribution in [0.4, 0.5) is 0 Å². The summed E-state index contributed by atoms with van der Waals surface area (Å²) < 4.78 is 0. The topological polar surface area (TPSA) is 53.6 Å². The number of guanidine groups is 1. The van der Waals surface area contributed by atoms with Gasteiger partial charge in [0.05, 0.1) is 0 Å². The number of aliphatic imine (C=N–C) groups is 1. The second-order valence-corrected chi connectivity index (χ2v) is 4.51. The summed E-state index contributed by atoms with van der Waals surface area (Å²) >= 11 is 0. The van der Waals surface area contributed by atoms with Crippen LogP contribution in [-0.4, -0.2) is 18.0 Å². The number of nitrogens with zero attached hydrogens (tertiary/aromatic N) is 2. The molecule has 0 atom stereocenters. The van der Waals surface area contributed by atoms with Crippen LogP contribution in [0, 0.1) is 0 Å². The lowest BCUT2D eigenvalue weighted by molar-refractivity contribution is 0.211. The Balaban J connectivity index is 2.00. The van der Waals surface area contributed by atoms with Gasteiger partial charge in [-0.3, -0.25) is 10.4 Å². The molecule has 3 N–H and O–H groups in total. The number of hydrogen-bond acceptors (Lipinski definition) is 2. The molecule has 92 valence electrons. The Bertz CT molecular complexity index is 577. The minimum absolute atomic E-state index is 0.446. The molecule has 18 heavy (non-hydrogen) atoms. The molecule has 0 amide bonds. The van der Waals surface area contributed by atoms with Gasteiger partial charge in [-0.15, -0.1) is 0 Å². The maximum atomic E-state index is 5.72. The van der Waals surface area contributed by atoms with Crippen molar-refractivity contribution >= 4 is 16.7 Å². The van der Waals surface area contributed by atoms with Gasteiger partial charge in [-0.25, -0.2) is 5.01 Å². The van der Waals surface area contributed by atoms with Crippen molar-refractivity contribution in [2.45, 2.75) is 13.1 Å². The van der Waals surface area contributed by atoms with E-state index in [1.54, 1.807) is 7.05 Å². The maximum absolute atomic E-state index is 5.72. The van der Waals surface area contributed by atoms with Crippen molar-refractivity contribution in [1.82, 2.24) is 10.4 Å². The van der Waals surface area contributed by atoms with Crippen molar-refractivity contribution < 1.29 is 0 Å². The predicted molar refractivity (Wildman–Crippen MR) is 73.9 cm³/mol. The van der Waals surface area contributed by atoms with Crippen LogP contribution >= 0.6 is 0 Å². The lowest BCUT2D eigenvalue weighted by atomic mass is 9.96. The SMILES string of the molecule is CN=C(N)NN1Cc2cccc3cccc(c23)C1. The van der Waals surface area contributed by atoms with E-state index in [2.05, 4.69) is 51.8 Å². The zero-order chi connectivity index (χ0) is 12.5. The van der Waals surface area contributed by atoms with E-state index < -0.39 is 0 Å². The number of benzene rings is 2. The largest absolute Gasteiger partial charge is 0.369 e. The maximum Gasteiger partial charge on any atom is 0.203 e. The molecule has 0 radical (unpaired) electrons. The molecule has 0 aliphatic carbocycles. The molecule has 4 nitrogen and oxygen atoms in total. The highest BCUT2D eigenvalue weighted by atomic mass is 15.5. The van der Waals surface area contributed by atoms with E-state index in [4.69, 9.17) is 5.73 Å². The minimum atomic E-state index is 0.446. The fraction of sp³-hybridized carbons (Fsp3) is 0.214. The van der Waals surface area contributed by atoms with Gasteiger partial charge >= 0.3 is 0 Å². The van der Waals surface area contributed by atoms with Crippen molar-refractivity contribution in [3.63, 3.8) is 0 Å². The first kappa shape index (κ1) is 11.0. The van der Waals surface area contributed by atoms with Crippen molar-refractivity contribution in [2.75, 3.05) is 7.05 Å². The fourth-order valence-corrected chi connectivity index (χ4v) is 2.52. The van der Waals surface area contributed by atoms with Crippen LogP contribution in [0.25, 0.3) is 10.8 Å². The van der Waals surface area contributed by atoms with E-state index in [9.17, 15) is 0 Å². The summed E-state index contributed by atoms with van der Waals surface area (Å²) in [6, 6.07) is 12.9. The van der Waals surface area contributed by atoms with Crippen LogP contribution in [0.3, 0.4) is 0 Å². The molecule has 3 rings (SSSR count). The first-order chi connectivity index (χ1) is 8.78. The smallest absolute Gasteiger partial charge is 0.203 e. The molecule has 0 unspecified atom stereocenters. The Hall–Kier alpha value is -2.07. The van der Waals surface area contributed by atoms with Crippen LogP contribution in [0.1, 0.15) is 11.1 Å². The van der Waals surface area contributed by atoms with Gasteiger partial charge in [0, 0.05) is 20.1 Å². The molecule has 0 saturated heterocycles. The lowest BCUT2D eigenvalue weighted by Crippen LogP contribution is -2.46. The molecule has 2 aromatic carbocycles. The van der Waals surface area contributed by atoms with Gasteiger partial charge in [-0.1, -0.05) is 36.4 Å². The molecule has 1 aliphatic rings. The molecular formula is C14H16N4. The zero-order valence-electron chi connectivity index (χ0n) is 10.4. The summed E-state index contributed by atoms with van der Waals surface area (Å²) in [5.74, 6) is 0.446. The van der Waals surface area contributed by atoms with Crippen molar-refractivity contribution in [3.05, 3.63) is 47.5 Å². The van der Waals surface area contributed by atoms with Gasteiger partial charge in [-0.2, -0.15) is 0 Å². The van der Waals surface area contributed by atoms with Gasteiger partial charge in [0.1, 0.15) is 0 Å². The van der Waals surface area contributed by atoms with Crippen LogP contribution in [0.2, 0.25) is 0 Å². The summed E-state index contributed by atoms with van der Waals surface area (Å²) in [6.07, 6.45) is 0. The van der Waals surface area contributed by atoms with Crippen LogP contribution in [0.15, 0.2) is 41.4 Å². The fourth-order valence-electron chi connectivity index (χ4n) is 2.52. The first-order valence-electron chi connectivity index (χ1n) is 6.01. The molecule has 0 fully saturated rings. The highest BCUT2D eigenvalue weighted by Crippen LogP contribution is 2.28. The monoisotopic (exact) mass is 240 g/mol. The third kappa shape index (κ3) is 1.80. The molecule has 0 bridgehead atoms. The average Bonchev–Trinajstić information content (AvgIpc) is 2.39. The Morgan fingerprint density at radius 2 is 1.78 bits per heavy atom. The summed E-state index contributed by atoms with van der Waals surface area (Å²) in [5, 5.41) is 4.77. The number of nitrogens with two attached hydrogens (primary N) is 1. The zero-order valence-corrected chi connectivity index (χ0v) is 10.4. The third-order valence-corrected chi connectivity index (χ3v) is 3.31. The van der Waals surface area contributed by atoms with E-state index in [0.29, 0.717) is 5.96 Å². The second-order valence-electron chi connectivity index (χ2n) is 4.51. The Labute approximate surface area is 106 Å². The first-order valence-corrected chi connectivity index (χ1v) is 6.01. The van der Waals surface area contributed by atoms with Crippen molar-refractivity contribution in [3.8, 4) is 0 Å². The van der Waals surface area contributed by atoms with Gasteiger partial charge in [0.2, 0.25) is 5.96 Å². The molecule has 1 heterocycles. The number of nitrogens with one attached hydrogen (secondary N) is 1. The standard InChI is InChI=1S/C14H16N4/c1-16-14(15)17-18-8-11-6-2-4-10-5-3-7-12(9-18)13(10)11/h2-7H,8-9H2,1H3,(H3,15,16,17). The van der Waals surface area contributed by atoms with E-state index in [0.717, 1.165) is 13.1 Å². The Morgan fingerprint density at radius 3 is 2.33 bits per heavy atom. The highest BCUT2D eigenvalue weighted by Gasteiger charge is 2.18. The minimum Gasteiger partial charge on any atom is -0.369 e. The summed E-state index contributed by atoms with van der Waals surface area (Å²) in [4.78, 5) is 3.93. The summed E-state index contributed by atoms with van der Waals surface area (Å²) in [5.41, 5.74) is 11.5. The number of rotatable bonds is 1. The van der Waals surface area contributed by atoms with Crippen LogP contribution < -0.4 is 11.2 Å². The van der Waals surface area contributed by atoms with E-state index >= 15 is 0 Å². The molecule has 0 saturated carbocycles. The van der Waals surface area contributed by atoms with Crippen molar-refractivity contribution in [1.29, 1.82) is 0 Å². The number of hydrazine groups is 1. The molecule has 1 aliphatic heterocycles. The predicted octanol–water partition coefficient (Wildman–Crippen LogP) is 1.60. The molecule has 4 heteroatoms. The third-order valence-electron chi connectivity index (χ3n) is 3.31. The quantitative estimate of drug-likeness (QED) is 0.588. The average molecular weight is 240 g/mol. The summed E-state index contributed by atoms with van der Waals surface area (Å²) in [6.45, 7) is 1.68. The highest BCUT2D eigenvalue weighted by molar-refractivity contribution is 5.89. The van der Waals surface area contributed by atoms with Gasteiger partial charge in [-0.05, 0) is 21.9 Å². The molecule has 0 spiro atoms. The van der Waals surface area contributed by atoms with Gasteiger partial charge < -0.3 is 5.73 Å².